The van der Waals surface area contributed by atoms with Crippen LogP contribution in [0.2, 0.25) is 5.02 Å². The number of halogens is 1. The predicted molar refractivity (Wildman–Crippen MR) is 254 cm³/mol. The number of piperidine rings is 1. The zero-order valence-corrected chi connectivity index (χ0v) is 39.9. The highest BCUT2D eigenvalue weighted by Crippen LogP contribution is 2.49. The van der Waals surface area contributed by atoms with Crippen molar-refractivity contribution in [2.45, 2.75) is 145 Å². The number of hydrazine groups is 2. The number of hydrogen-bond acceptors (Lipinski definition) is 14. The minimum atomic E-state index is -0.239. The van der Waals surface area contributed by atoms with Gasteiger partial charge in [0.1, 0.15) is 29.7 Å². The van der Waals surface area contributed by atoms with Crippen LogP contribution in [0.25, 0.3) is 0 Å². The van der Waals surface area contributed by atoms with E-state index in [2.05, 4.69) is 98.1 Å². The van der Waals surface area contributed by atoms with Gasteiger partial charge in [0.2, 0.25) is 11.8 Å². The second-order valence-corrected chi connectivity index (χ2v) is 21.4. The number of aliphatic imine (C=N–C) groups is 1. The third-order valence-electron chi connectivity index (χ3n) is 15.1. The number of nitriles is 1. The van der Waals surface area contributed by atoms with Crippen molar-refractivity contribution < 1.29 is 19.1 Å². The summed E-state index contributed by atoms with van der Waals surface area (Å²) < 4.78 is 12.6. The average Bonchev–Trinajstić information content (AvgIpc) is 3.78. The van der Waals surface area contributed by atoms with Crippen LogP contribution < -0.4 is 41.8 Å². The summed E-state index contributed by atoms with van der Waals surface area (Å²) >= 11 is 8.22. The Labute approximate surface area is 393 Å². The largest absolute Gasteiger partial charge is 0.490 e. The van der Waals surface area contributed by atoms with E-state index in [1.54, 1.807) is 18.2 Å². The van der Waals surface area contributed by atoms with Gasteiger partial charge in [-0.2, -0.15) is 5.26 Å². The van der Waals surface area contributed by atoms with Crippen molar-refractivity contribution in [3.8, 4) is 17.6 Å². The van der Waals surface area contributed by atoms with Crippen LogP contribution in [0.5, 0.6) is 11.5 Å². The lowest BCUT2D eigenvalue weighted by atomic mass is 9.84. The average molecular weight is 931 g/mol. The molecule has 1 saturated carbocycles. The van der Waals surface area contributed by atoms with Crippen molar-refractivity contribution in [1.82, 2.24) is 47.0 Å². The number of thioether (sulfide) groups is 1. The summed E-state index contributed by atoms with van der Waals surface area (Å²) in [5.74, 6) is 3.03. The molecule has 9 atom stereocenters. The van der Waals surface area contributed by atoms with Crippen molar-refractivity contribution in [3.05, 3.63) is 58.6 Å². The van der Waals surface area contributed by atoms with Crippen LogP contribution in [0.1, 0.15) is 96.6 Å². The van der Waals surface area contributed by atoms with Crippen molar-refractivity contribution >= 4 is 40.9 Å². The number of benzene rings is 2. The van der Waals surface area contributed by atoms with Gasteiger partial charge in [-0.1, -0.05) is 25.4 Å². The third kappa shape index (κ3) is 10.6. The number of fused-ring (bicyclic) bond motifs is 3. The molecule has 7 aliphatic rings. The molecule has 352 valence electrons. The first-order valence-electron chi connectivity index (χ1n) is 24.2. The minimum absolute atomic E-state index is 0.0338. The van der Waals surface area contributed by atoms with Gasteiger partial charge < -0.3 is 20.1 Å². The quantitative estimate of drug-likeness (QED) is 0.165. The molecule has 6 fully saturated rings. The van der Waals surface area contributed by atoms with Crippen LogP contribution in [0.15, 0.2) is 47.5 Å². The summed E-state index contributed by atoms with van der Waals surface area (Å²) in [6.07, 6.45) is 8.45. The Bertz CT molecular complexity index is 2050. The number of nitrogens with zero attached hydrogens (tertiary/aromatic N) is 5. The van der Waals surface area contributed by atoms with Crippen molar-refractivity contribution in [1.29, 1.82) is 5.26 Å². The van der Waals surface area contributed by atoms with E-state index in [1.165, 1.54) is 12.8 Å². The molecule has 0 spiro atoms. The summed E-state index contributed by atoms with van der Waals surface area (Å²) in [4.78, 5) is 39.2. The first-order valence-corrected chi connectivity index (χ1v) is 25.5. The van der Waals surface area contributed by atoms with Crippen LogP contribution in [0, 0.1) is 29.1 Å². The fourth-order valence-corrected chi connectivity index (χ4v) is 13.2. The van der Waals surface area contributed by atoms with E-state index in [1.807, 2.05) is 18.7 Å². The normalized spacial score (nSPS) is 33.7. The second kappa shape index (κ2) is 20.8. The molecule has 15 nitrogen and oxygen atoms in total. The highest BCUT2D eigenvalue weighted by Gasteiger charge is 2.53. The Morgan fingerprint density at radius 1 is 0.908 bits per heavy atom. The number of amides is 2. The zero-order valence-electron chi connectivity index (χ0n) is 38.3. The number of ether oxygens (including phenoxy) is 2. The topological polar surface area (TPSA) is 171 Å². The predicted octanol–water partition coefficient (Wildman–Crippen LogP) is 4.57. The number of rotatable bonds is 13. The molecule has 0 aromatic heterocycles. The Kier molecular flexibility index (Phi) is 14.9. The summed E-state index contributed by atoms with van der Waals surface area (Å²) in [6.45, 7) is 14.6. The van der Waals surface area contributed by atoms with Crippen molar-refractivity contribution in [2.24, 2.45) is 22.7 Å². The van der Waals surface area contributed by atoms with E-state index >= 15 is 0 Å². The first kappa shape index (κ1) is 46.6. The molecular weight excluding hydrogens is 862 g/mol. The van der Waals surface area contributed by atoms with Gasteiger partial charge in [0, 0.05) is 55.2 Å². The summed E-state index contributed by atoms with van der Waals surface area (Å²) in [5, 5.41) is 16.6. The van der Waals surface area contributed by atoms with Crippen LogP contribution in [-0.2, 0) is 9.59 Å². The lowest BCUT2D eigenvalue weighted by Gasteiger charge is -2.44. The van der Waals surface area contributed by atoms with Gasteiger partial charge >= 0.3 is 0 Å². The molecule has 6 N–H and O–H groups in total. The van der Waals surface area contributed by atoms with Crippen LogP contribution >= 0.6 is 23.4 Å². The van der Waals surface area contributed by atoms with Gasteiger partial charge in [-0.25, -0.2) is 21.7 Å². The molecular formula is C48H68ClN11O4S. The molecule has 1 aliphatic carbocycles. The van der Waals surface area contributed by atoms with E-state index in [4.69, 9.17) is 31.3 Å². The van der Waals surface area contributed by atoms with Crippen molar-refractivity contribution in [3.63, 3.8) is 0 Å². The Morgan fingerprint density at radius 2 is 1.65 bits per heavy atom. The van der Waals surface area contributed by atoms with Crippen LogP contribution in [0.3, 0.4) is 0 Å². The number of likely N-dealkylation sites (tertiary alicyclic amines) is 2. The second-order valence-electron chi connectivity index (χ2n) is 19.5. The van der Waals surface area contributed by atoms with Gasteiger partial charge in [0.15, 0.2) is 0 Å². The molecule has 6 heterocycles. The molecule has 0 radical (unpaired) electrons. The lowest BCUT2D eigenvalue weighted by molar-refractivity contribution is -0.126. The molecule has 9 rings (SSSR count). The van der Waals surface area contributed by atoms with E-state index in [-0.39, 0.29) is 71.9 Å². The standard InChI is InChI=1S/C48H68ClN11O4S/c1-5-51-43(61)23-41-46-57-54-30(4)60(46)48-44(28(2)29(3)65-48)45(53-41)32-6-11-35(12-7-32)64-38-26-58(27-38)25-31-18-20-59(21-19-31)42-17-16-40(55-56-42)47(62)52-34-9-14-36(15-10-34)63-37-13-8-33(24-50)39(49)22-37/h6-8,11-13,22,28-31,34,36,38,40-42,44,46,48,54-57H,5,9-10,14-21,23,25-27H2,1-4H3,(H,51,61)(H,52,62)/t28?,29?,30?,34?,36?,40?,41-,42?,44?,46?,48?/m0/s1. The number of carbonyl (C=O) groups excluding carboxylic acids is 2. The van der Waals surface area contributed by atoms with Crippen LogP contribution in [-0.4, -0.2) is 131 Å². The number of carbonyl (C=O) groups is 2. The maximum atomic E-state index is 13.2. The lowest BCUT2D eigenvalue weighted by Crippen LogP contribution is -2.63. The Balaban J connectivity index is 0.685. The number of hydrogen-bond donors (Lipinski definition) is 6. The summed E-state index contributed by atoms with van der Waals surface area (Å²) in [5.41, 5.74) is 16.4. The maximum absolute atomic E-state index is 13.2. The van der Waals surface area contributed by atoms with E-state index < -0.39 is 0 Å². The van der Waals surface area contributed by atoms with Gasteiger partial charge in [-0.05, 0) is 132 Å². The SMILES string of the molecule is CCNC(=O)C[C@@H]1N=C(c2ccc(OC3CN(CC4CCN(C5CCC(C(=O)NC6CCC(Oc7ccc(C#N)c(Cl)c7)CC6)NN5)CC4)C3)cc2)C2C(C)C(C)SC2N2C(C)NNC12. The van der Waals surface area contributed by atoms with E-state index in [9.17, 15) is 9.59 Å². The smallest absolute Gasteiger partial charge is 0.238 e. The maximum Gasteiger partial charge on any atom is 0.238 e. The van der Waals surface area contributed by atoms with E-state index in [0.717, 1.165) is 88.3 Å². The molecule has 2 amide bonds. The Morgan fingerprint density at radius 3 is 2.34 bits per heavy atom. The molecule has 2 aromatic rings. The molecule has 8 unspecified atom stereocenters. The van der Waals surface area contributed by atoms with Gasteiger partial charge in [0.25, 0.3) is 0 Å². The third-order valence-corrected chi connectivity index (χ3v) is 17.0. The molecule has 2 aromatic carbocycles. The van der Waals surface area contributed by atoms with Crippen LogP contribution in [0.4, 0.5) is 0 Å². The molecule has 5 saturated heterocycles. The summed E-state index contributed by atoms with van der Waals surface area (Å²) in [7, 11) is 0. The molecule has 17 heteroatoms. The first-order chi connectivity index (χ1) is 31.5. The van der Waals surface area contributed by atoms with Crippen molar-refractivity contribution in [2.75, 3.05) is 39.3 Å². The fourth-order valence-electron chi connectivity index (χ4n) is 11.2. The highest BCUT2D eigenvalue weighted by atomic mass is 35.5. The van der Waals surface area contributed by atoms with Gasteiger partial charge in [0.05, 0.1) is 53.0 Å². The molecule has 65 heavy (non-hydrogen) atoms. The monoisotopic (exact) mass is 929 g/mol. The highest BCUT2D eigenvalue weighted by molar-refractivity contribution is 8.00. The zero-order chi connectivity index (χ0) is 45.2. The molecule has 0 bridgehead atoms. The van der Waals surface area contributed by atoms with Gasteiger partial charge in [-0.15, -0.1) is 11.8 Å². The van der Waals surface area contributed by atoms with E-state index in [0.29, 0.717) is 46.4 Å². The molecule has 6 aliphatic heterocycles. The van der Waals surface area contributed by atoms with Gasteiger partial charge in [-0.3, -0.25) is 29.3 Å². The summed E-state index contributed by atoms with van der Waals surface area (Å²) in [6, 6.07) is 15.5. The number of nitrogens with one attached hydrogen (secondary N) is 6. The fraction of sp³-hybridized carbons (Fsp3) is 0.667. The minimum Gasteiger partial charge on any atom is -0.490 e. The Hall–Kier alpha value is -3.50.